The first kappa shape index (κ1) is 11.2. The van der Waals surface area contributed by atoms with Gasteiger partial charge in [-0.05, 0) is 36.2 Å². The summed E-state index contributed by atoms with van der Waals surface area (Å²) in [6.45, 7) is 4.84. The van der Waals surface area contributed by atoms with Crippen LogP contribution in [0, 0.1) is 0 Å². The number of hydrogen-bond donors (Lipinski definition) is 1. The first-order chi connectivity index (χ1) is 6.59. The minimum atomic E-state index is -0.770. The van der Waals surface area contributed by atoms with Gasteiger partial charge in [-0.3, -0.25) is 9.69 Å². The molecule has 78 valence electrons. The van der Waals surface area contributed by atoms with Gasteiger partial charge in [0.2, 0.25) is 0 Å². The van der Waals surface area contributed by atoms with Crippen molar-refractivity contribution in [1.29, 1.82) is 0 Å². The molecule has 4 heteroatoms. The number of thiophene rings is 1. The molecule has 0 radical (unpaired) electrons. The highest BCUT2D eigenvalue weighted by Crippen LogP contribution is 2.11. The van der Waals surface area contributed by atoms with Crippen LogP contribution < -0.4 is 0 Å². The molecular formula is C10H15NO2S. The smallest absolute Gasteiger partial charge is 0.317 e. The topological polar surface area (TPSA) is 40.5 Å². The van der Waals surface area contributed by atoms with E-state index in [2.05, 4.69) is 5.38 Å². The van der Waals surface area contributed by atoms with Crippen molar-refractivity contribution in [3.63, 3.8) is 0 Å². The number of carbonyl (C=O) groups is 1. The zero-order chi connectivity index (χ0) is 10.6. The second-order valence-electron chi connectivity index (χ2n) is 3.52. The van der Waals surface area contributed by atoms with Gasteiger partial charge < -0.3 is 5.11 Å². The van der Waals surface area contributed by atoms with E-state index in [4.69, 9.17) is 5.11 Å². The molecule has 0 fully saturated rings. The van der Waals surface area contributed by atoms with E-state index in [1.54, 1.807) is 11.3 Å². The lowest BCUT2D eigenvalue weighted by molar-refractivity contribution is -0.138. The molecular weight excluding hydrogens is 198 g/mol. The molecule has 0 aliphatic heterocycles. The Morgan fingerprint density at radius 2 is 2.36 bits per heavy atom. The van der Waals surface area contributed by atoms with Gasteiger partial charge in [-0.1, -0.05) is 0 Å². The number of hydrogen-bond acceptors (Lipinski definition) is 3. The molecule has 1 heterocycles. The third-order valence-electron chi connectivity index (χ3n) is 2.03. The Hall–Kier alpha value is -0.870. The van der Waals surface area contributed by atoms with Gasteiger partial charge in [-0.2, -0.15) is 11.3 Å². The number of carboxylic acids is 1. The molecule has 1 aromatic heterocycles. The summed E-state index contributed by atoms with van der Waals surface area (Å²) in [5, 5.41) is 12.8. The Kier molecular flexibility index (Phi) is 4.10. The Bertz CT molecular complexity index is 282. The SMILES string of the molecule is CC(C)N(CC(=O)O)Cc1ccsc1. The van der Waals surface area contributed by atoms with Gasteiger partial charge in [-0.25, -0.2) is 0 Å². The molecule has 0 unspecified atom stereocenters. The zero-order valence-corrected chi connectivity index (χ0v) is 9.25. The van der Waals surface area contributed by atoms with Crippen LogP contribution in [0.15, 0.2) is 16.8 Å². The molecule has 0 bridgehead atoms. The molecule has 1 N–H and O–H groups in total. The van der Waals surface area contributed by atoms with Crippen LogP contribution in [0.1, 0.15) is 19.4 Å². The molecule has 0 saturated heterocycles. The molecule has 1 rings (SSSR count). The van der Waals surface area contributed by atoms with Gasteiger partial charge in [-0.15, -0.1) is 0 Å². The second kappa shape index (κ2) is 5.12. The summed E-state index contributed by atoms with van der Waals surface area (Å²) in [4.78, 5) is 12.5. The van der Waals surface area contributed by atoms with Crippen molar-refractivity contribution in [2.45, 2.75) is 26.4 Å². The number of carboxylic acid groups (broad SMARTS) is 1. The van der Waals surface area contributed by atoms with E-state index in [9.17, 15) is 4.79 Å². The lowest BCUT2D eigenvalue weighted by Gasteiger charge is -2.23. The lowest BCUT2D eigenvalue weighted by atomic mass is 10.2. The summed E-state index contributed by atoms with van der Waals surface area (Å²) in [5.41, 5.74) is 1.19. The average Bonchev–Trinajstić information content (AvgIpc) is 2.54. The molecule has 0 spiro atoms. The fraction of sp³-hybridized carbons (Fsp3) is 0.500. The fourth-order valence-electron chi connectivity index (χ4n) is 1.21. The van der Waals surface area contributed by atoms with Crippen LogP contribution in [0.2, 0.25) is 0 Å². The summed E-state index contributed by atoms with van der Waals surface area (Å²) in [7, 11) is 0. The molecule has 1 aromatic rings. The third-order valence-corrected chi connectivity index (χ3v) is 2.77. The quantitative estimate of drug-likeness (QED) is 0.813. The number of nitrogens with zero attached hydrogens (tertiary/aromatic N) is 1. The molecule has 0 amide bonds. The fourth-order valence-corrected chi connectivity index (χ4v) is 1.87. The van der Waals surface area contributed by atoms with Gasteiger partial charge in [0.25, 0.3) is 0 Å². The van der Waals surface area contributed by atoms with Crippen molar-refractivity contribution < 1.29 is 9.90 Å². The first-order valence-corrected chi connectivity index (χ1v) is 5.51. The van der Waals surface area contributed by atoms with Crippen LogP contribution in [0.25, 0.3) is 0 Å². The van der Waals surface area contributed by atoms with Gasteiger partial charge in [0, 0.05) is 12.6 Å². The van der Waals surface area contributed by atoms with Crippen molar-refractivity contribution in [2.24, 2.45) is 0 Å². The van der Waals surface area contributed by atoms with E-state index in [-0.39, 0.29) is 12.6 Å². The maximum Gasteiger partial charge on any atom is 0.317 e. The Morgan fingerprint density at radius 1 is 1.64 bits per heavy atom. The second-order valence-corrected chi connectivity index (χ2v) is 4.30. The summed E-state index contributed by atoms with van der Waals surface area (Å²) < 4.78 is 0. The van der Waals surface area contributed by atoms with Crippen LogP contribution in [-0.4, -0.2) is 28.6 Å². The van der Waals surface area contributed by atoms with E-state index in [0.717, 1.165) is 0 Å². The molecule has 0 saturated carbocycles. The molecule has 0 atom stereocenters. The van der Waals surface area contributed by atoms with Gasteiger partial charge >= 0.3 is 5.97 Å². The molecule has 0 aliphatic rings. The molecule has 0 aliphatic carbocycles. The predicted octanol–water partition coefficient (Wildman–Crippen LogP) is 2.04. The van der Waals surface area contributed by atoms with Crippen molar-refractivity contribution in [2.75, 3.05) is 6.54 Å². The summed E-state index contributed by atoms with van der Waals surface area (Å²) in [6, 6.07) is 2.29. The van der Waals surface area contributed by atoms with Crippen LogP contribution in [0.5, 0.6) is 0 Å². The highest BCUT2D eigenvalue weighted by molar-refractivity contribution is 7.07. The van der Waals surface area contributed by atoms with Gasteiger partial charge in [0.15, 0.2) is 0 Å². The van der Waals surface area contributed by atoms with Crippen LogP contribution in [-0.2, 0) is 11.3 Å². The van der Waals surface area contributed by atoms with Crippen LogP contribution in [0.4, 0.5) is 0 Å². The lowest BCUT2D eigenvalue weighted by Crippen LogP contribution is -2.34. The maximum atomic E-state index is 10.6. The minimum Gasteiger partial charge on any atom is -0.480 e. The zero-order valence-electron chi connectivity index (χ0n) is 8.43. The molecule has 14 heavy (non-hydrogen) atoms. The van der Waals surface area contributed by atoms with Gasteiger partial charge in [0.1, 0.15) is 0 Å². The van der Waals surface area contributed by atoms with Crippen molar-refractivity contribution in [3.8, 4) is 0 Å². The van der Waals surface area contributed by atoms with Crippen LogP contribution in [0.3, 0.4) is 0 Å². The highest BCUT2D eigenvalue weighted by Gasteiger charge is 2.13. The summed E-state index contributed by atoms with van der Waals surface area (Å²) in [6.07, 6.45) is 0. The normalized spacial score (nSPS) is 11.1. The standard InChI is InChI=1S/C10H15NO2S/c1-8(2)11(6-10(12)13)5-9-3-4-14-7-9/h3-4,7-8H,5-6H2,1-2H3,(H,12,13). The van der Waals surface area contributed by atoms with Gasteiger partial charge in [0.05, 0.1) is 6.54 Å². The monoisotopic (exact) mass is 213 g/mol. The Morgan fingerprint density at radius 3 is 2.79 bits per heavy atom. The van der Waals surface area contributed by atoms with Crippen molar-refractivity contribution in [1.82, 2.24) is 4.90 Å². The van der Waals surface area contributed by atoms with E-state index < -0.39 is 5.97 Å². The predicted molar refractivity (Wildman–Crippen MR) is 57.5 cm³/mol. The van der Waals surface area contributed by atoms with Crippen molar-refractivity contribution in [3.05, 3.63) is 22.4 Å². The van der Waals surface area contributed by atoms with E-state index in [0.29, 0.717) is 6.54 Å². The summed E-state index contributed by atoms with van der Waals surface area (Å²) in [5.74, 6) is -0.770. The van der Waals surface area contributed by atoms with E-state index >= 15 is 0 Å². The van der Waals surface area contributed by atoms with E-state index in [1.807, 2.05) is 30.2 Å². The van der Waals surface area contributed by atoms with Crippen LogP contribution >= 0.6 is 11.3 Å². The number of aliphatic carboxylic acids is 1. The van der Waals surface area contributed by atoms with E-state index in [1.165, 1.54) is 5.56 Å². The minimum absolute atomic E-state index is 0.105. The third kappa shape index (κ3) is 3.47. The largest absolute Gasteiger partial charge is 0.480 e. The van der Waals surface area contributed by atoms with Crippen molar-refractivity contribution >= 4 is 17.3 Å². The maximum absolute atomic E-state index is 10.6. The first-order valence-electron chi connectivity index (χ1n) is 4.56. The number of rotatable bonds is 5. The molecule has 0 aromatic carbocycles. The highest BCUT2D eigenvalue weighted by atomic mass is 32.1. The average molecular weight is 213 g/mol. The molecule has 3 nitrogen and oxygen atoms in total. The summed E-state index contributed by atoms with van der Waals surface area (Å²) >= 11 is 1.64. The Balaban J connectivity index is 2.56. The Labute approximate surface area is 88.0 Å².